The summed E-state index contributed by atoms with van der Waals surface area (Å²) in [4.78, 5) is 11.9. The summed E-state index contributed by atoms with van der Waals surface area (Å²) in [6, 6.07) is 5.99. The number of likely N-dealkylation sites (N-methyl/N-ethyl adjacent to an activating group) is 1. The Bertz CT molecular complexity index is 467. The number of amides is 1. The highest BCUT2D eigenvalue weighted by Crippen LogP contribution is 2.18. The number of para-hydroxylation sites is 1. The summed E-state index contributed by atoms with van der Waals surface area (Å²) in [5.74, 6) is -0.00402. The third-order valence-electron chi connectivity index (χ3n) is 2.67. The number of allylic oxidation sites excluding steroid dienone is 2. The molecular weight excluding hydrogens is 224 g/mol. The van der Waals surface area contributed by atoms with Gasteiger partial charge in [0.1, 0.15) is 7.05 Å². The number of carbonyl (C=O) groups is 1. The van der Waals surface area contributed by atoms with E-state index in [0.717, 1.165) is 16.8 Å². The number of aryl methyl sites for hydroxylation is 2. The topological polar surface area (TPSA) is 32.1 Å². The maximum absolute atomic E-state index is 11.9. The third kappa shape index (κ3) is 4.17. The van der Waals surface area contributed by atoms with Crippen LogP contribution in [-0.2, 0) is 4.79 Å². The molecule has 0 saturated carbocycles. The number of nitrogens with one attached hydrogen (secondary N) is 1. The van der Waals surface area contributed by atoms with Gasteiger partial charge in [-0.2, -0.15) is 0 Å². The molecule has 3 nitrogen and oxygen atoms in total. The summed E-state index contributed by atoms with van der Waals surface area (Å²) in [6.07, 6.45) is 5.72. The van der Waals surface area contributed by atoms with Crippen LogP contribution in [0.4, 0.5) is 5.69 Å². The van der Waals surface area contributed by atoms with Crippen LogP contribution < -0.4 is 5.32 Å². The number of rotatable bonds is 4. The molecule has 0 heterocycles. The molecule has 0 atom stereocenters. The highest BCUT2D eigenvalue weighted by molar-refractivity contribution is 5.93. The van der Waals surface area contributed by atoms with Crippen LogP contribution in [-0.4, -0.2) is 30.3 Å². The molecule has 96 valence electrons. The predicted octanol–water partition coefficient (Wildman–Crippen LogP) is 2.53. The van der Waals surface area contributed by atoms with Crippen molar-refractivity contribution in [3.63, 3.8) is 0 Å². The molecule has 1 aromatic rings. The van der Waals surface area contributed by atoms with Crippen molar-refractivity contribution in [2.75, 3.05) is 18.9 Å². The van der Waals surface area contributed by atoms with Crippen LogP contribution in [0, 0.1) is 13.8 Å². The molecule has 0 aliphatic heterocycles. The Hall–Kier alpha value is -1.90. The van der Waals surface area contributed by atoms with Crippen LogP contribution in [0.1, 0.15) is 18.1 Å². The Morgan fingerprint density at radius 3 is 2.50 bits per heavy atom. The zero-order valence-electron chi connectivity index (χ0n) is 11.5. The summed E-state index contributed by atoms with van der Waals surface area (Å²) in [7, 11) is 1.88. The van der Waals surface area contributed by atoms with Gasteiger partial charge >= 0.3 is 0 Å². The van der Waals surface area contributed by atoms with Crippen molar-refractivity contribution in [1.82, 2.24) is 0 Å². The van der Waals surface area contributed by atoms with E-state index in [-0.39, 0.29) is 5.91 Å². The second-order valence-corrected chi connectivity index (χ2v) is 4.40. The van der Waals surface area contributed by atoms with Crippen molar-refractivity contribution in [3.05, 3.63) is 41.5 Å². The van der Waals surface area contributed by atoms with Crippen LogP contribution in [0.5, 0.6) is 0 Å². The number of carbonyl (C=O) groups excluding carboxylic acids is 1. The van der Waals surface area contributed by atoms with Crippen LogP contribution in [0.15, 0.2) is 30.4 Å². The lowest BCUT2D eigenvalue weighted by Gasteiger charge is -2.10. The minimum atomic E-state index is -0.00402. The molecule has 0 aliphatic rings. The maximum Gasteiger partial charge on any atom is 0.289 e. The summed E-state index contributed by atoms with van der Waals surface area (Å²) in [5, 5.41) is 2.96. The van der Waals surface area contributed by atoms with Crippen molar-refractivity contribution in [2.24, 2.45) is 0 Å². The summed E-state index contributed by atoms with van der Waals surface area (Å²) < 4.78 is 1.85. The number of nitrogens with zero attached hydrogens (tertiary/aromatic N) is 1. The van der Waals surface area contributed by atoms with Crippen LogP contribution in [0.2, 0.25) is 0 Å². The van der Waals surface area contributed by atoms with Gasteiger partial charge in [0.15, 0.2) is 6.21 Å². The molecule has 0 saturated heterocycles. The Morgan fingerprint density at radius 1 is 1.33 bits per heavy atom. The van der Waals surface area contributed by atoms with E-state index in [1.807, 2.05) is 69.0 Å². The SMILES string of the molecule is C/C=C\C=[N+](C)CC(=O)Nc1c(C)cccc1C. The van der Waals surface area contributed by atoms with Gasteiger partial charge in [-0.25, -0.2) is 4.58 Å². The van der Waals surface area contributed by atoms with Gasteiger partial charge in [0.05, 0.1) is 0 Å². The van der Waals surface area contributed by atoms with E-state index in [0.29, 0.717) is 6.54 Å². The first kappa shape index (κ1) is 14.2. The van der Waals surface area contributed by atoms with Crippen LogP contribution in [0.25, 0.3) is 0 Å². The molecule has 0 bridgehead atoms. The lowest BCUT2D eigenvalue weighted by molar-refractivity contribution is -0.479. The summed E-state index contributed by atoms with van der Waals surface area (Å²) in [6.45, 7) is 6.29. The second kappa shape index (κ2) is 6.74. The molecule has 18 heavy (non-hydrogen) atoms. The van der Waals surface area contributed by atoms with E-state index >= 15 is 0 Å². The van der Waals surface area contributed by atoms with Crippen molar-refractivity contribution in [2.45, 2.75) is 20.8 Å². The fraction of sp³-hybridized carbons (Fsp3) is 0.333. The van der Waals surface area contributed by atoms with Gasteiger partial charge in [-0.1, -0.05) is 24.3 Å². The predicted molar refractivity (Wildman–Crippen MR) is 76.5 cm³/mol. The van der Waals surface area contributed by atoms with E-state index in [1.54, 1.807) is 0 Å². The Morgan fingerprint density at radius 2 is 1.94 bits per heavy atom. The van der Waals surface area contributed by atoms with Crippen LogP contribution >= 0.6 is 0 Å². The van der Waals surface area contributed by atoms with Gasteiger partial charge in [0, 0.05) is 5.69 Å². The molecule has 1 N–H and O–H groups in total. The molecule has 0 fully saturated rings. The normalized spacial score (nSPS) is 11.9. The number of hydrogen-bond acceptors (Lipinski definition) is 1. The zero-order chi connectivity index (χ0) is 13.5. The van der Waals surface area contributed by atoms with E-state index < -0.39 is 0 Å². The average molecular weight is 245 g/mol. The van der Waals surface area contributed by atoms with Crippen molar-refractivity contribution >= 4 is 17.8 Å². The van der Waals surface area contributed by atoms with Crippen LogP contribution in [0.3, 0.4) is 0 Å². The van der Waals surface area contributed by atoms with E-state index in [1.165, 1.54) is 0 Å². The molecule has 0 aromatic heterocycles. The first-order valence-electron chi connectivity index (χ1n) is 6.07. The Labute approximate surface area is 109 Å². The number of benzene rings is 1. The number of anilines is 1. The van der Waals surface area contributed by atoms with Gasteiger partial charge in [0.25, 0.3) is 5.91 Å². The van der Waals surface area contributed by atoms with E-state index in [2.05, 4.69) is 5.32 Å². The fourth-order valence-corrected chi connectivity index (χ4v) is 1.70. The monoisotopic (exact) mass is 245 g/mol. The average Bonchev–Trinajstić information content (AvgIpc) is 2.31. The van der Waals surface area contributed by atoms with Crippen molar-refractivity contribution < 1.29 is 9.37 Å². The summed E-state index contributed by atoms with van der Waals surface area (Å²) in [5.41, 5.74) is 3.09. The molecule has 1 aromatic carbocycles. The Kier molecular flexibility index (Phi) is 5.31. The molecular formula is C15H21N2O+. The standard InChI is InChI=1S/C15H20N2O/c1-5-6-10-17(4)11-14(18)16-15-12(2)8-7-9-13(15)3/h5-10H,11H2,1-4H3/p+1/b6-5-,17-10?. The first-order valence-corrected chi connectivity index (χ1v) is 6.07. The highest BCUT2D eigenvalue weighted by Gasteiger charge is 2.10. The Balaban J connectivity index is 2.71. The van der Waals surface area contributed by atoms with Gasteiger partial charge in [-0.15, -0.1) is 0 Å². The molecule has 0 aliphatic carbocycles. The fourth-order valence-electron chi connectivity index (χ4n) is 1.70. The van der Waals surface area contributed by atoms with Gasteiger partial charge < -0.3 is 5.32 Å². The number of hydrogen-bond donors (Lipinski definition) is 1. The molecule has 3 heteroatoms. The van der Waals surface area contributed by atoms with Gasteiger partial charge in [-0.3, -0.25) is 4.79 Å². The summed E-state index contributed by atoms with van der Waals surface area (Å²) >= 11 is 0. The zero-order valence-corrected chi connectivity index (χ0v) is 11.5. The molecule has 1 rings (SSSR count). The lowest BCUT2D eigenvalue weighted by atomic mass is 10.1. The molecule has 1 amide bonds. The first-order chi connectivity index (χ1) is 8.54. The van der Waals surface area contributed by atoms with E-state index in [4.69, 9.17) is 0 Å². The van der Waals surface area contributed by atoms with Crippen molar-refractivity contribution in [1.29, 1.82) is 0 Å². The highest BCUT2D eigenvalue weighted by atomic mass is 16.1. The molecule has 0 unspecified atom stereocenters. The smallest absolute Gasteiger partial charge is 0.289 e. The van der Waals surface area contributed by atoms with E-state index in [9.17, 15) is 4.79 Å². The quantitative estimate of drug-likeness (QED) is 0.641. The second-order valence-electron chi connectivity index (χ2n) is 4.40. The lowest BCUT2D eigenvalue weighted by Crippen LogP contribution is -2.25. The minimum absolute atomic E-state index is 0.00402. The third-order valence-corrected chi connectivity index (χ3v) is 2.67. The van der Waals surface area contributed by atoms with Gasteiger partial charge in [0.2, 0.25) is 6.54 Å². The molecule has 0 spiro atoms. The maximum atomic E-state index is 11.9. The largest absolute Gasteiger partial charge is 0.320 e. The van der Waals surface area contributed by atoms with Gasteiger partial charge in [-0.05, 0) is 38.0 Å². The van der Waals surface area contributed by atoms with Crippen molar-refractivity contribution in [3.8, 4) is 0 Å². The molecule has 0 radical (unpaired) electrons. The minimum Gasteiger partial charge on any atom is -0.320 e.